The minimum Gasteiger partial charge on any atom is -0.392 e. The number of hydrogen-bond acceptors (Lipinski definition) is 3. The molecule has 0 aliphatic heterocycles. The summed E-state index contributed by atoms with van der Waals surface area (Å²) in [6.45, 7) is 3.66. The molecule has 0 aliphatic rings. The van der Waals surface area contributed by atoms with E-state index in [-0.39, 0.29) is 10.1 Å². The van der Waals surface area contributed by atoms with Gasteiger partial charge in [0.2, 0.25) is 0 Å². The molecule has 0 saturated heterocycles. The summed E-state index contributed by atoms with van der Waals surface area (Å²) in [6.07, 6.45) is -5.05. The first kappa shape index (κ1) is 16.3. The quantitative estimate of drug-likeness (QED) is 0.817. The Morgan fingerprint density at radius 1 is 1.32 bits per heavy atom. The highest BCUT2D eigenvalue weighted by Gasteiger charge is 2.34. The molecule has 1 aromatic carbocycles. The van der Waals surface area contributed by atoms with Gasteiger partial charge < -0.3 is 10.4 Å². The minimum atomic E-state index is -4.38. The van der Waals surface area contributed by atoms with Crippen LogP contribution in [-0.4, -0.2) is 23.5 Å². The lowest BCUT2D eigenvalue weighted by Gasteiger charge is -2.19. The summed E-state index contributed by atoms with van der Waals surface area (Å²) in [7, 11) is 1.69. The zero-order chi connectivity index (χ0) is 14.6. The molecule has 6 heteroatoms. The molecule has 2 unspecified atom stereocenters. The van der Waals surface area contributed by atoms with Gasteiger partial charge in [-0.1, -0.05) is 13.0 Å². The van der Waals surface area contributed by atoms with Crippen molar-refractivity contribution in [1.82, 2.24) is 5.32 Å². The monoisotopic (exact) mass is 293 g/mol. The van der Waals surface area contributed by atoms with Gasteiger partial charge in [-0.25, -0.2) is 0 Å². The van der Waals surface area contributed by atoms with Crippen LogP contribution < -0.4 is 5.32 Å². The molecular formula is C13H18F3NOS. The average Bonchev–Trinajstić information content (AvgIpc) is 2.29. The van der Waals surface area contributed by atoms with E-state index < -0.39 is 17.8 Å². The first-order chi connectivity index (χ1) is 8.75. The van der Waals surface area contributed by atoms with E-state index in [1.54, 1.807) is 27.0 Å². The Labute approximate surface area is 115 Å². The number of benzene rings is 1. The van der Waals surface area contributed by atoms with Gasteiger partial charge in [0, 0.05) is 16.7 Å². The van der Waals surface area contributed by atoms with Crippen molar-refractivity contribution in [2.75, 3.05) is 7.05 Å². The second-order valence-corrected chi connectivity index (χ2v) is 5.84. The molecule has 0 aromatic heterocycles. The standard InChI is InChI=1S/C13H18F3NOS/c1-8(18)9(2)19-12-5-4-10(7-17-3)6-11(12)13(14,15)16/h4-6,8-9,17-18H,7H2,1-3H3. The van der Waals surface area contributed by atoms with Gasteiger partial charge in [0.05, 0.1) is 11.7 Å². The van der Waals surface area contributed by atoms with Crippen molar-refractivity contribution in [2.24, 2.45) is 0 Å². The average molecular weight is 293 g/mol. The molecule has 1 rings (SSSR count). The van der Waals surface area contributed by atoms with Crippen molar-refractivity contribution >= 4 is 11.8 Å². The number of nitrogens with one attached hydrogen (secondary N) is 1. The Kier molecular flexibility index (Phi) is 5.70. The number of aliphatic hydroxyl groups is 1. The predicted molar refractivity (Wildman–Crippen MR) is 71.2 cm³/mol. The van der Waals surface area contributed by atoms with Crippen molar-refractivity contribution in [2.45, 2.75) is 42.8 Å². The maximum Gasteiger partial charge on any atom is 0.417 e. The van der Waals surface area contributed by atoms with E-state index >= 15 is 0 Å². The maximum absolute atomic E-state index is 13.0. The summed E-state index contributed by atoms with van der Waals surface area (Å²) in [4.78, 5) is 0.153. The summed E-state index contributed by atoms with van der Waals surface area (Å²) in [6, 6.07) is 4.30. The fraction of sp³-hybridized carbons (Fsp3) is 0.538. The SMILES string of the molecule is CNCc1ccc(SC(C)C(C)O)c(C(F)(F)F)c1. The van der Waals surface area contributed by atoms with Crippen molar-refractivity contribution in [3.8, 4) is 0 Å². The van der Waals surface area contributed by atoms with E-state index in [0.29, 0.717) is 12.1 Å². The smallest absolute Gasteiger partial charge is 0.392 e. The molecule has 0 spiro atoms. The molecule has 0 saturated carbocycles. The van der Waals surface area contributed by atoms with Crippen LogP contribution in [0.25, 0.3) is 0 Å². The molecule has 2 nitrogen and oxygen atoms in total. The molecule has 2 atom stereocenters. The Bertz CT molecular complexity index is 421. The number of aliphatic hydroxyl groups excluding tert-OH is 1. The maximum atomic E-state index is 13.0. The van der Waals surface area contributed by atoms with Crippen LogP contribution in [0.2, 0.25) is 0 Å². The van der Waals surface area contributed by atoms with Crippen LogP contribution in [-0.2, 0) is 12.7 Å². The highest BCUT2D eigenvalue weighted by Crippen LogP contribution is 2.39. The molecule has 2 N–H and O–H groups in total. The Hall–Kier alpha value is -0.720. The zero-order valence-electron chi connectivity index (χ0n) is 11.1. The largest absolute Gasteiger partial charge is 0.417 e. The lowest BCUT2D eigenvalue weighted by atomic mass is 10.1. The summed E-state index contributed by atoms with van der Waals surface area (Å²) in [5.74, 6) is 0. The van der Waals surface area contributed by atoms with E-state index in [4.69, 9.17) is 0 Å². The van der Waals surface area contributed by atoms with Gasteiger partial charge in [-0.05, 0) is 31.7 Å². The number of rotatable bonds is 5. The van der Waals surface area contributed by atoms with E-state index in [1.807, 2.05) is 0 Å². The fourth-order valence-corrected chi connectivity index (χ4v) is 2.56. The van der Waals surface area contributed by atoms with Crippen molar-refractivity contribution in [3.05, 3.63) is 29.3 Å². The van der Waals surface area contributed by atoms with Gasteiger partial charge in [-0.15, -0.1) is 11.8 Å². The van der Waals surface area contributed by atoms with Crippen LogP contribution in [0.15, 0.2) is 23.1 Å². The molecule has 0 heterocycles. The fourth-order valence-electron chi connectivity index (χ4n) is 1.51. The number of thioether (sulfide) groups is 1. The Morgan fingerprint density at radius 2 is 1.95 bits per heavy atom. The number of alkyl halides is 3. The van der Waals surface area contributed by atoms with E-state index in [9.17, 15) is 18.3 Å². The van der Waals surface area contributed by atoms with Crippen molar-refractivity contribution in [1.29, 1.82) is 0 Å². The van der Waals surface area contributed by atoms with E-state index in [2.05, 4.69) is 5.32 Å². The van der Waals surface area contributed by atoms with E-state index in [0.717, 1.165) is 17.8 Å². The zero-order valence-corrected chi connectivity index (χ0v) is 11.9. The second kappa shape index (κ2) is 6.63. The van der Waals surface area contributed by atoms with Gasteiger partial charge in [0.25, 0.3) is 0 Å². The summed E-state index contributed by atoms with van der Waals surface area (Å²) < 4.78 is 39.1. The minimum absolute atomic E-state index is 0.153. The third kappa shape index (κ3) is 4.71. The first-order valence-electron chi connectivity index (χ1n) is 5.95. The first-order valence-corrected chi connectivity index (χ1v) is 6.83. The molecule has 0 fully saturated rings. The van der Waals surface area contributed by atoms with Crippen LogP contribution in [0.1, 0.15) is 25.0 Å². The molecule has 0 amide bonds. The van der Waals surface area contributed by atoms with Crippen molar-refractivity contribution < 1.29 is 18.3 Å². The van der Waals surface area contributed by atoms with Gasteiger partial charge in [-0.3, -0.25) is 0 Å². The highest BCUT2D eigenvalue weighted by molar-refractivity contribution is 8.00. The Balaban J connectivity index is 3.09. The van der Waals surface area contributed by atoms with Crippen LogP contribution >= 0.6 is 11.8 Å². The molecule has 0 radical (unpaired) electrons. The Morgan fingerprint density at radius 3 is 2.42 bits per heavy atom. The van der Waals surface area contributed by atoms with Gasteiger partial charge in [0.1, 0.15) is 0 Å². The van der Waals surface area contributed by atoms with Crippen LogP contribution in [0.3, 0.4) is 0 Å². The van der Waals surface area contributed by atoms with E-state index in [1.165, 1.54) is 6.07 Å². The molecule has 108 valence electrons. The van der Waals surface area contributed by atoms with Crippen LogP contribution in [0.4, 0.5) is 13.2 Å². The molecule has 1 aromatic rings. The lowest BCUT2D eigenvalue weighted by Crippen LogP contribution is -2.17. The summed E-state index contributed by atoms with van der Waals surface area (Å²) >= 11 is 1.04. The molecule has 19 heavy (non-hydrogen) atoms. The summed E-state index contributed by atoms with van der Waals surface area (Å²) in [5, 5.41) is 11.9. The number of hydrogen-bond donors (Lipinski definition) is 2. The van der Waals surface area contributed by atoms with Crippen molar-refractivity contribution in [3.63, 3.8) is 0 Å². The third-order valence-electron chi connectivity index (χ3n) is 2.72. The number of halogens is 3. The molecule has 0 bridgehead atoms. The topological polar surface area (TPSA) is 32.3 Å². The summed E-state index contributed by atoms with van der Waals surface area (Å²) in [5.41, 5.74) is -0.0541. The normalized spacial score (nSPS) is 15.3. The van der Waals surface area contributed by atoms with Gasteiger partial charge >= 0.3 is 6.18 Å². The highest BCUT2D eigenvalue weighted by atomic mass is 32.2. The molecular weight excluding hydrogens is 275 g/mol. The third-order valence-corrected chi connectivity index (χ3v) is 4.10. The molecule has 0 aliphatic carbocycles. The second-order valence-electron chi connectivity index (χ2n) is 4.42. The van der Waals surface area contributed by atoms with Crippen LogP contribution in [0.5, 0.6) is 0 Å². The van der Waals surface area contributed by atoms with Gasteiger partial charge in [-0.2, -0.15) is 13.2 Å². The van der Waals surface area contributed by atoms with Crippen LogP contribution in [0, 0.1) is 0 Å². The van der Waals surface area contributed by atoms with Gasteiger partial charge in [0.15, 0.2) is 0 Å². The predicted octanol–water partition coefficient (Wildman–Crippen LogP) is 3.29. The lowest BCUT2D eigenvalue weighted by molar-refractivity contribution is -0.139.